The number of nitro groups is 1. The Morgan fingerprint density at radius 2 is 2.35 bits per heavy atom. The van der Waals surface area contributed by atoms with Gasteiger partial charge in [0.25, 0.3) is 0 Å². The minimum atomic E-state index is -0.429. The van der Waals surface area contributed by atoms with Crippen molar-refractivity contribution < 1.29 is 9.66 Å². The fourth-order valence-electron chi connectivity index (χ4n) is 1.43. The summed E-state index contributed by atoms with van der Waals surface area (Å²) in [6.45, 7) is 6.40. The number of benzene rings is 1. The third-order valence-electron chi connectivity index (χ3n) is 2.15. The van der Waals surface area contributed by atoms with Crippen molar-refractivity contribution in [3.05, 3.63) is 41.0 Å². The standard InChI is InChI=1S/C12H16N2O3/c1-3-5-9-13-10-7-6-8-11(17-4-2)12(10)14(15)16/h3,6-8,13H,1,4-5,9H2,2H3. The van der Waals surface area contributed by atoms with E-state index in [1.165, 1.54) is 0 Å². The molecule has 0 saturated carbocycles. The van der Waals surface area contributed by atoms with Crippen molar-refractivity contribution in [1.29, 1.82) is 0 Å². The number of hydrogen-bond donors (Lipinski definition) is 1. The van der Waals surface area contributed by atoms with Crippen molar-refractivity contribution in [2.45, 2.75) is 13.3 Å². The number of rotatable bonds is 7. The molecular formula is C12H16N2O3. The van der Waals surface area contributed by atoms with Gasteiger partial charge in [-0.05, 0) is 25.5 Å². The number of hydrogen-bond acceptors (Lipinski definition) is 4. The van der Waals surface area contributed by atoms with E-state index in [4.69, 9.17) is 4.74 Å². The minimum absolute atomic E-state index is 0.0154. The van der Waals surface area contributed by atoms with Crippen molar-refractivity contribution in [3.8, 4) is 5.75 Å². The summed E-state index contributed by atoms with van der Waals surface area (Å²) in [6.07, 6.45) is 2.50. The lowest BCUT2D eigenvalue weighted by Gasteiger charge is -2.09. The van der Waals surface area contributed by atoms with Gasteiger partial charge < -0.3 is 10.1 Å². The molecule has 1 N–H and O–H groups in total. The number of nitrogens with one attached hydrogen (secondary N) is 1. The molecule has 0 amide bonds. The monoisotopic (exact) mass is 236 g/mol. The van der Waals surface area contributed by atoms with Crippen LogP contribution in [0.2, 0.25) is 0 Å². The smallest absolute Gasteiger partial charge is 0.333 e. The second-order valence-electron chi connectivity index (χ2n) is 3.35. The molecule has 0 aliphatic rings. The van der Waals surface area contributed by atoms with E-state index >= 15 is 0 Å². The number of ether oxygens (including phenoxy) is 1. The lowest BCUT2D eigenvalue weighted by molar-refractivity contribution is -0.384. The molecule has 0 fully saturated rings. The van der Waals surface area contributed by atoms with E-state index in [-0.39, 0.29) is 5.69 Å². The zero-order valence-electron chi connectivity index (χ0n) is 9.81. The average Bonchev–Trinajstić information content (AvgIpc) is 2.29. The van der Waals surface area contributed by atoms with Gasteiger partial charge in [0, 0.05) is 6.54 Å². The highest BCUT2D eigenvalue weighted by Crippen LogP contribution is 2.34. The molecule has 1 aromatic rings. The van der Waals surface area contributed by atoms with Gasteiger partial charge in [0.1, 0.15) is 5.69 Å². The molecule has 0 bridgehead atoms. The highest BCUT2D eigenvalue weighted by Gasteiger charge is 2.20. The first-order valence-electron chi connectivity index (χ1n) is 5.45. The maximum Gasteiger partial charge on any atom is 0.333 e. The predicted molar refractivity (Wildman–Crippen MR) is 67.6 cm³/mol. The topological polar surface area (TPSA) is 64.4 Å². The van der Waals surface area contributed by atoms with Crippen LogP contribution in [0.3, 0.4) is 0 Å². The Kier molecular flexibility index (Phi) is 5.00. The first kappa shape index (κ1) is 13.0. The van der Waals surface area contributed by atoms with E-state index in [2.05, 4.69) is 11.9 Å². The third-order valence-corrected chi connectivity index (χ3v) is 2.15. The van der Waals surface area contributed by atoms with Gasteiger partial charge in [-0.15, -0.1) is 6.58 Å². The Bertz CT molecular complexity index is 405. The second kappa shape index (κ2) is 6.52. The van der Waals surface area contributed by atoms with Crippen LogP contribution >= 0.6 is 0 Å². The maximum absolute atomic E-state index is 11.0. The normalized spacial score (nSPS) is 9.71. The number of anilines is 1. The summed E-state index contributed by atoms with van der Waals surface area (Å²) in [5.74, 6) is 0.293. The lowest BCUT2D eigenvalue weighted by atomic mass is 10.2. The van der Waals surface area contributed by atoms with Crippen LogP contribution in [0, 0.1) is 10.1 Å². The van der Waals surface area contributed by atoms with Crippen LogP contribution in [0.1, 0.15) is 13.3 Å². The quantitative estimate of drug-likeness (QED) is 0.342. The molecule has 5 heteroatoms. The Hall–Kier alpha value is -2.04. The van der Waals surface area contributed by atoms with Gasteiger partial charge in [0.05, 0.1) is 11.5 Å². The SMILES string of the molecule is C=CCCNc1cccc(OCC)c1[N+](=O)[O-]. The van der Waals surface area contributed by atoms with Gasteiger partial charge in [0.2, 0.25) is 0 Å². The second-order valence-corrected chi connectivity index (χ2v) is 3.35. The zero-order valence-corrected chi connectivity index (χ0v) is 9.81. The van der Waals surface area contributed by atoms with E-state index in [0.29, 0.717) is 24.6 Å². The Morgan fingerprint density at radius 3 is 2.94 bits per heavy atom. The summed E-state index contributed by atoms with van der Waals surface area (Å²) >= 11 is 0. The molecule has 17 heavy (non-hydrogen) atoms. The van der Waals surface area contributed by atoms with E-state index in [1.807, 2.05) is 0 Å². The Labute approximate surface area is 100 Å². The Balaban J connectivity index is 2.97. The number of nitro benzene ring substituents is 1. The number of para-hydroxylation sites is 1. The fourth-order valence-corrected chi connectivity index (χ4v) is 1.43. The molecule has 0 aliphatic heterocycles. The Morgan fingerprint density at radius 1 is 1.59 bits per heavy atom. The molecule has 92 valence electrons. The van der Waals surface area contributed by atoms with Gasteiger partial charge in [0.15, 0.2) is 5.75 Å². The van der Waals surface area contributed by atoms with Crippen LogP contribution in [0.5, 0.6) is 5.75 Å². The van der Waals surface area contributed by atoms with Crippen LogP contribution in [0.15, 0.2) is 30.9 Å². The molecule has 5 nitrogen and oxygen atoms in total. The van der Waals surface area contributed by atoms with Crippen LogP contribution in [0.25, 0.3) is 0 Å². The van der Waals surface area contributed by atoms with Crippen molar-refractivity contribution in [3.63, 3.8) is 0 Å². The van der Waals surface area contributed by atoms with Gasteiger partial charge in [-0.2, -0.15) is 0 Å². The molecule has 0 spiro atoms. The van der Waals surface area contributed by atoms with Crippen molar-refractivity contribution in [2.75, 3.05) is 18.5 Å². The molecule has 1 aromatic carbocycles. The van der Waals surface area contributed by atoms with E-state index in [1.54, 1.807) is 31.2 Å². The summed E-state index contributed by atoms with van der Waals surface area (Å²) in [7, 11) is 0. The van der Waals surface area contributed by atoms with Gasteiger partial charge in [-0.3, -0.25) is 10.1 Å². The van der Waals surface area contributed by atoms with Crippen LogP contribution in [-0.2, 0) is 0 Å². The summed E-state index contributed by atoms with van der Waals surface area (Å²) in [4.78, 5) is 10.6. The fraction of sp³-hybridized carbons (Fsp3) is 0.333. The van der Waals surface area contributed by atoms with Crippen molar-refractivity contribution in [2.24, 2.45) is 0 Å². The van der Waals surface area contributed by atoms with Gasteiger partial charge in [-0.1, -0.05) is 12.1 Å². The van der Waals surface area contributed by atoms with Gasteiger partial charge in [-0.25, -0.2) is 0 Å². The highest BCUT2D eigenvalue weighted by molar-refractivity contribution is 5.68. The maximum atomic E-state index is 11.0. The summed E-state index contributed by atoms with van der Waals surface area (Å²) in [5, 5.41) is 14.0. The molecule has 0 saturated heterocycles. The third kappa shape index (κ3) is 3.48. The molecule has 0 radical (unpaired) electrons. The minimum Gasteiger partial charge on any atom is -0.487 e. The molecule has 1 rings (SSSR count). The van der Waals surface area contributed by atoms with E-state index in [9.17, 15) is 10.1 Å². The highest BCUT2D eigenvalue weighted by atomic mass is 16.6. The summed E-state index contributed by atoms with van der Waals surface area (Å²) in [6, 6.07) is 5.00. The van der Waals surface area contributed by atoms with Crippen molar-refractivity contribution >= 4 is 11.4 Å². The zero-order chi connectivity index (χ0) is 12.7. The molecule has 0 unspecified atom stereocenters. The molecule has 0 atom stereocenters. The van der Waals surface area contributed by atoms with Crippen molar-refractivity contribution in [1.82, 2.24) is 0 Å². The van der Waals surface area contributed by atoms with Crippen LogP contribution in [-0.4, -0.2) is 18.1 Å². The summed E-state index contributed by atoms with van der Waals surface area (Å²) in [5.41, 5.74) is 0.459. The van der Waals surface area contributed by atoms with Crippen LogP contribution < -0.4 is 10.1 Å². The molecule has 0 aliphatic carbocycles. The van der Waals surface area contributed by atoms with Crippen LogP contribution in [0.4, 0.5) is 11.4 Å². The first-order valence-corrected chi connectivity index (χ1v) is 5.45. The van der Waals surface area contributed by atoms with Gasteiger partial charge >= 0.3 is 5.69 Å². The molecular weight excluding hydrogens is 220 g/mol. The molecule has 0 aromatic heterocycles. The number of nitrogens with zero attached hydrogens (tertiary/aromatic N) is 1. The lowest BCUT2D eigenvalue weighted by Crippen LogP contribution is -2.05. The first-order chi connectivity index (χ1) is 8.20. The van der Waals surface area contributed by atoms with E-state index < -0.39 is 4.92 Å². The average molecular weight is 236 g/mol. The largest absolute Gasteiger partial charge is 0.487 e. The predicted octanol–water partition coefficient (Wildman–Crippen LogP) is 2.98. The molecule has 0 heterocycles. The summed E-state index contributed by atoms with van der Waals surface area (Å²) < 4.78 is 5.24. The van der Waals surface area contributed by atoms with E-state index in [0.717, 1.165) is 6.42 Å².